The van der Waals surface area contributed by atoms with Crippen LogP contribution in [0.4, 0.5) is 0 Å². The molecule has 111 heavy (non-hydrogen) atoms. The molecule has 0 fully saturated rings. The van der Waals surface area contributed by atoms with Gasteiger partial charge >= 0.3 is 103 Å². The van der Waals surface area contributed by atoms with Crippen LogP contribution in [0.15, 0.2) is 184 Å². The van der Waals surface area contributed by atoms with E-state index < -0.39 is 11.8 Å². The molecule has 0 unspecified atom stereocenters. The summed E-state index contributed by atoms with van der Waals surface area (Å²) in [4.78, 5) is 122. The Hall–Kier alpha value is -10.2. The van der Waals surface area contributed by atoms with Crippen molar-refractivity contribution >= 4 is 137 Å². The summed E-state index contributed by atoms with van der Waals surface area (Å²) in [5.41, 5.74) is 28.1. The van der Waals surface area contributed by atoms with Gasteiger partial charge < -0.3 is 53.9 Å². The predicted octanol–water partition coefficient (Wildman–Crippen LogP) is 6.23. The first-order valence-electron chi connectivity index (χ1n) is 33.1. The summed E-state index contributed by atoms with van der Waals surface area (Å²) < 4.78 is 0. The van der Waals surface area contributed by atoms with E-state index in [-0.39, 0.29) is 136 Å². The van der Waals surface area contributed by atoms with Crippen LogP contribution in [0.5, 0.6) is 0 Å². The Bertz CT molecular complexity index is 5840. The van der Waals surface area contributed by atoms with Gasteiger partial charge in [0.15, 0.2) is 0 Å². The van der Waals surface area contributed by atoms with Crippen LogP contribution in [-0.4, -0.2) is 95.8 Å². The summed E-state index contributed by atoms with van der Waals surface area (Å²) in [7, 11) is 0. The molecule has 0 aliphatic carbocycles. The smallest absolute Gasteiger partial charge is 1.00 e. The van der Waals surface area contributed by atoms with Crippen molar-refractivity contribution in [2.75, 3.05) is 0 Å². The first-order valence-corrected chi connectivity index (χ1v) is 34.2. The molecule has 12 heterocycles. The molecule has 548 valence electrons. The number of amides is 5. The average Bonchev–Trinajstić information content (AvgIpc) is 1.37. The third-order valence-electron chi connectivity index (χ3n) is 17.0. The van der Waals surface area contributed by atoms with Crippen LogP contribution in [0.25, 0.3) is 65.8 Å². The number of aromatic amines is 3. The third kappa shape index (κ3) is 21.5. The Labute approximate surface area is 736 Å². The van der Waals surface area contributed by atoms with Gasteiger partial charge in [0.25, 0.3) is 36.0 Å². The minimum absolute atomic E-state index is 0. The van der Waals surface area contributed by atoms with Gasteiger partial charge in [0.2, 0.25) is 0 Å². The molecule has 31 heteroatoms. The number of nitriles is 1. The summed E-state index contributed by atoms with van der Waals surface area (Å²) in [6.07, 6.45) is 21.5. The number of aromatic nitrogens is 12. The van der Waals surface area contributed by atoms with Crippen molar-refractivity contribution in [3.05, 3.63) is 299 Å². The molecule has 0 saturated carbocycles. The number of fused-ring (bicyclic) bond motifs is 6. The van der Waals surface area contributed by atoms with E-state index in [1.54, 1.807) is 123 Å². The van der Waals surface area contributed by atoms with Gasteiger partial charge in [0, 0.05) is 179 Å². The van der Waals surface area contributed by atoms with Gasteiger partial charge in [-0.15, -0.1) is 0 Å². The molecule has 0 spiro atoms. The normalized spacial score (nSPS) is 10.6. The zero-order valence-corrected chi connectivity index (χ0v) is 68.2. The van der Waals surface area contributed by atoms with Gasteiger partial charge in [0.1, 0.15) is 23.0 Å². The van der Waals surface area contributed by atoms with Crippen molar-refractivity contribution < 1.29 is 143 Å². The third-order valence-corrected chi connectivity index (χ3v) is 17.9. The van der Waals surface area contributed by atoms with Crippen LogP contribution < -0.4 is 135 Å². The summed E-state index contributed by atoms with van der Waals surface area (Å²) >= 11 is 18.5. The Morgan fingerprint density at radius 3 is 1.10 bits per heavy atom. The second-order valence-electron chi connectivity index (χ2n) is 25.0. The fraction of sp³-hybridized carbons (Fsp3) is 0.125. The SMILES string of the molecule is C.Cc1cnc2c(C#N)cc(Cc3cc(C(=O)NCc4cnc5[nH]cc(Cl)c5c4)ccn3)cc2c1.Cc1cnc2c(C(N)=O)cc(Cc3cc(C(=O)NCc4cnc5[nH]cc(Cl)c5c4)ccn3)cc2c1.Cc1cnc2c(C(N)=O)cc(Cc3cc(C(=O)NCc4cnc5[nH]cc(Cl)c5c4)ccn3)cc2c1.O=CO[O-].[H-].[K+].[K+]. The van der Waals surface area contributed by atoms with Crippen LogP contribution in [0.3, 0.4) is 0 Å². The first-order chi connectivity index (χ1) is 52.1. The summed E-state index contributed by atoms with van der Waals surface area (Å²) in [5, 5.41) is 33.5. The maximum Gasteiger partial charge on any atom is 1.00 e. The van der Waals surface area contributed by atoms with E-state index in [0.29, 0.717) is 132 Å². The van der Waals surface area contributed by atoms with E-state index in [1.165, 1.54) is 0 Å². The minimum atomic E-state index is -0.539. The van der Waals surface area contributed by atoms with Gasteiger partial charge in [-0.1, -0.05) is 42.2 Å². The molecular weight excluding hydrogens is 1530 g/mol. The zero-order valence-electron chi connectivity index (χ0n) is 60.7. The van der Waals surface area contributed by atoms with Crippen LogP contribution in [0.1, 0.15) is 133 Å². The number of halogens is 3. The first kappa shape index (κ1) is 84.8. The van der Waals surface area contributed by atoms with E-state index in [4.69, 9.17) is 56.3 Å². The molecule has 0 aliphatic heterocycles. The molecule has 10 N–H and O–H groups in total. The number of hydrogen-bond acceptors (Lipinski definition) is 18. The Balaban J connectivity index is 0.000000202. The van der Waals surface area contributed by atoms with E-state index >= 15 is 0 Å². The molecule has 0 bridgehead atoms. The fourth-order valence-corrected chi connectivity index (χ4v) is 12.6. The quantitative estimate of drug-likeness (QED) is 0.0204. The average molecular weight is 1590 g/mol. The second-order valence-corrected chi connectivity index (χ2v) is 26.3. The standard InChI is InChI=1S/2C26H21ClN6O2.C26H19ClN6O.CH2O3.CH4.2K.H/c2*1-14-4-18-5-15(7-21(24(28)34)23(18)30-10-14)6-19-9-17(2-3-29-19)26(35)33-12-16-8-20-22(27)13-32-25(20)31-11-16;1-15-4-19-5-16(6-20(10-28)24(19)30-11-15)7-21-9-18(2-3-29-21)26(34)33-13-17-8-22-23(27)14-32-25(22)31-12-17;2-1-4-3;;;;/h2*2-5,7-11,13H,6,12H2,1H3,(H2,28,34)(H,31,32)(H,33,35);2-6,8-9,11-12,14H,7,13H2,1H3,(H,31,32)(H,33,34);1,3H;1H4;;;/q;;;;;2*+1;-1/p-1. The number of aryl methyl sites for hydroxylation is 3. The van der Waals surface area contributed by atoms with Crippen molar-refractivity contribution in [1.82, 2.24) is 75.8 Å². The molecule has 0 saturated heterocycles. The monoisotopic (exact) mass is 1590 g/mol. The van der Waals surface area contributed by atoms with Crippen molar-refractivity contribution in [2.24, 2.45) is 11.5 Å². The molecule has 0 radical (unpaired) electrons. The van der Waals surface area contributed by atoms with Crippen LogP contribution >= 0.6 is 34.8 Å². The number of carbonyl (C=O) groups is 6. The molecule has 3 aromatic carbocycles. The van der Waals surface area contributed by atoms with Gasteiger partial charge in [-0.05, 0) is 180 Å². The van der Waals surface area contributed by atoms with E-state index in [0.717, 1.165) is 88.1 Å². The summed E-state index contributed by atoms with van der Waals surface area (Å²) in [5.74, 6) is -1.75. The number of nitrogens with zero attached hydrogens (tertiary/aromatic N) is 10. The fourth-order valence-electron chi connectivity index (χ4n) is 12.0. The topological polar surface area (TPSA) is 410 Å². The van der Waals surface area contributed by atoms with Crippen LogP contribution in [0.2, 0.25) is 15.1 Å². The maximum absolute atomic E-state index is 12.8. The largest absolute Gasteiger partial charge is 1.00 e. The minimum Gasteiger partial charge on any atom is -1.00 e. The predicted molar refractivity (Wildman–Crippen MR) is 414 cm³/mol. The number of nitrogens with one attached hydrogen (secondary N) is 6. The van der Waals surface area contributed by atoms with E-state index in [9.17, 15) is 29.2 Å². The van der Waals surface area contributed by atoms with Gasteiger partial charge in [-0.2, -0.15) is 5.26 Å². The Kier molecular flexibility index (Phi) is 29.9. The number of hydrogen-bond donors (Lipinski definition) is 8. The molecule has 12 aromatic heterocycles. The molecule has 15 aromatic rings. The Morgan fingerprint density at radius 2 is 0.784 bits per heavy atom. The van der Waals surface area contributed by atoms with Crippen molar-refractivity contribution in [2.45, 2.75) is 67.1 Å². The van der Waals surface area contributed by atoms with Crippen molar-refractivity contribution in [3.8, 4) is 6.07 Å². The second kappa shape index (κ2) is 39.1. The van der Waals surface area contributed by atoms with Gasteiger partial charge in [-0.25, -0.2) is 15.0 Å². The number of primary amides is 2. The number of H-pyrrole nitrogens is 3. The van der Waals surface area contributed by atoms with Crippen molar-refractivity contribution in [3.63, 3.8) is 0 Å². The maximum atomic E-state index is 12.8. The zero-order chi connectivity index (χ0) is 76.1. The van der Waals surface area contributed by atoms with E-state index in [2.05, 4.69) is 86.7 Å². The number of rotatable bonds is 18. The number of nitrogens with two attached hydrogens (primary N) is 2. The molecule has 5 amide bonds. The molecule has 0 atom stereocenters. The van der Waals surface area contributed by atoms with Crippen LogP contribution in [0, 0.1) is 32.1 Å². The number of benzene rings is 3. The molecular formula is C80H67Cl3K2N18O8. The van der Waals surface area contributed by atoms with Gasteiger partial charge in [0.05, 0.1) is 48.3 Å². The number of carbonyl (C=O) groups excluding carboxylic acids is 6. The molecule has 0 aliphatic rings. The summed E-state index contributed by atoms with van der Waals surface area (Å²) in [6.45, 7) is 6.60. The Morgan fingerprint density at radius 1 is 0.468 bits per heavy atom. The van der Waals surface area contributed by atoms with Crippen LogP contribution in [-0.2, 0) is 48.6 Å². The van der Waals surface area contributed by atoms with E-state index in [1.807, 2.05) is 81.4 Å². The molecule has 15 rings (SSSR count). The van der Waals surface area contributed by atoms with Gasteiger partial charge in [-0.3, -0.25) is 58.7 Å². The summed E-state index contributed by atoms with van der Waals surface area (Å²) in [6, 6.07) is 35.3. The number of pyridine rings is 9. The van der Waals surface area contributed by atoms with Crippen molar-refractivity contribution in [1.29, 1.82) is 5.26 Å². The molecule has 26 nitrogen and oxygen atoms in total.